The molecule has 9 nitrogen and oxygen atoms in total. The lowest BCUT2D eigenvalue weighted by Gasteiger charge is -2.12. The number of aromatic nitrogens is 5. The van der Waals surface area contributed by atoms with Crippen LogP contribution in [-0.4, -0.2) is 29.5 Å². The minimum atomic E-state index is -0.536. The second-order valence-corrected chi connectivity index (χ2v) is 5.40. The Kier molecular flexibility index (Phi) is 3.83. The first-order valence-electron chi connectivity index (χ1n) is 7.02. The van der Waals surface area contributed by atoms with Crippen LogP contribution in [0.5, 0.6) is 0 Å². The van der Waals surface area contributed by atoms with E-state index in [4.69, 9.17) is 0 Å². The van der Waals surface area contributed by atoms with E-state index in [9.17, 15) is 14.9 Å². The van der Waals surface area contributed by atoms with E-state index in [0.717, 1.165) is 0 Å². The highest BCUT2D eigenvalue weighted by molar-refractivity contribution is 5.79. The first kappa shape index (κ1) is 14.8. The number of hydrogen-bond acceptors (Lipinski definition) is 6. The Balaban J connectivity index is 1.90. The number of imidazole rings is 1. The number of fused-ring (bicyclic) bond motifs is 1. The number of non-ortho nitro benzene ring substituents is 1. The maximum absolute atomic E-state index is 12.5. The van der Waals surface area contributed by atoms with E-state index in [1.165, 1.54) is 22.9 Å². The summed E-state index contributed by atoms with van der Waals surface area (Å²) in [4.78, 5) is 26.7. The van der Waals surface area contributed by atoms with E-state index in [-0.39, 0.29) is 22.6 Å². The molecule has 2 aromatic heterocycles. The number of benzene rings is 1. The molecule has 0 bridgehead atoms. The first-order chi connectivity index (χ1) is 11.0. The largest absolute Gasteiger partial charge is 0.337 e. The third-order valence-corrected chi connectivity index (χ3v) is 3.48. The molecular weight excluding hydrogens is 300 g/mol. The summed E-state index contributed by atoms with van der Waals surface area (Å²) in [6.07, 6.45) is 5.23. The SMILES string of the molecule is CC(Cn1ccnc1)Cn1nnc2ccc([N+](=O)[O-])cc2c1=O. The molecule has 1 aromatic carbocycles. The lowest BCUT2D eigenvalue weighted by atomic mass is 10.2. The van der Waals surface area contributed by atoms with E-state index >= 15 is 0 Å². The molecule has 0 fully saturated rings. The average Bonchev–Trinajstić information content (AvgIpc) is 3.02. The Morgan fingerprint density at radius 3 is 2.87 bits per heavy atom. The van der Waals surface area contributed by atoms with Crippen LogP contribution in [0.25, 0.3) is 10.9 Å². The van der Waals surface area contributed by atoms with Crippen LogP contribution in [-0.2, 0) is 13.1 Å². The normalized spacial score (nSPS) is 12.4. The molecule has 2 heterocycles. The van der Waals surface area contributed by atoms with Gasteiger partial charge in [0.2, 0.25) is 0 Å². The number of nitro groups is 1. The fourth-order valence-electron chi connectivity index (χ4n) is 2.40. The van der Waals surface area contributed by atoms with Gasteiger partial charge < -0.3 is 4.57 Å². The second kappa shape index (κ2) is 5.95. The van der Waals surface area contributed by atoms with Crippen molar-refractivity contribution < 1.29 is 4.92 Å². The van der Waals surface area contributed by atoms with Gasteiger partial charge in [-0.15, -0.1) is 5.10 Å². The van der Waals surface area contributed by atoms with Crippen LogP contribution in [0.3, 0.4) is 0 Å². The number of nitrogens with zero attached hydrogens (tertiary/aromatic N) is 6. The van der Waals surface area contributed by atoms with Gasteiger partial charge in [-0.25, -0.2) is 9.67 Å². The van der Waals surface area contributed by atoms with Crippen molar-refractivity contribution in [3.63, 3.8) is 0 Å². The van der Waals surface area contributed by atoms with E-state index < -0.39 is 4.92 Å². The summed E-state index contributed by atoms with van der Waals surface area (Å²) >= 11 is 0. The number of nitro benzene ring substituents is 1. The van der Waals surface area contributed by atoms with Gasteiger partial charge in [-0.1, -0.05) is 12.1 Å². The molecule has 0 saturated heterocycles. The van der Waals surface area contributed by atoms with Crippen LogP contribution in [0.1, 0.15) is 6.92 Å². The molecular formula is C14H14N6O3. The Bertz CT molecular complexity index is 903. The Hall–Kier alpha value is -3.10. The van der Waals surface area contributed by atoms with Crippen molar-refractivity contribution in [2.45, 2.75) is 20.0 Å². The van der Waals surface area contributed by atoms with Crippen molar-refractivity contribution in [2.24, 2.45) is 5.92 Å². The molecule has 0 radical (unpaired) electrons. The fraction of sp³-hybridized carbons (Fsp3) is 0.286. The predicted molar refractivity (Wildman–Crippen MR) is 81.8 cm³/mol. The van der Waals surface area contributed by atoms with Crippen LogP contribution in [0.2, 0.25) is 0 Å². The maximum Gasteiger partial charge on any atom is 0.277 e. The molecule has 1 unspecified atom stereocenters. The fourth-order valence-corrected chi connectivity index (χ4v) is 2.40. The summed E-state index contributed by atoms with van der Waals surface area (Å²) < 4.78 is 3.16. The topological polar surface area (TPSA) is 109 Å². The highest BCUT2D eigenvalue weighted by Gasteiger charge is 2.13. The summed E-state index contributed by atoms with van der Waals surface area (Å²) in [6, 6.07) is 3.98. The molecule has 0 N–H and O–H groups in total. The zero-order chi connectivity index (χ0) is 16.4. The molecule has 0 aliphatic rings. The van der Waals surface area contributed by atoms with Gasteiger partial charge in [0.15, 0.2) is 0 Å². The smallest absolute Gasteiger partial charge is 0.277 e. The predicted octanol–water partition coefficient (Wildman–Crippen LogP) is 1.23. The van der Waals surface area contributed by atoms with E-state index in [2.05, 4.69) is 15.3 Å². The quantitative estimate of drug-likeness (QED) is 0.517. The van der Waals surface area contributed by atoms with Crippen molar-refractivity contribution in [1.29, 1.82) is 0 Å². The minimum Gasteiger partial charge on any atom is -0.337 e. The highest BCUT2D eigenvalue weighted by atomic mass is 16.6. The molecule has 0 saturated carbocycles. The molecule has 0 aliphatic heterocycles. The summed E-state index contributed by atoms with van der Waals surface area (Å²) in [6.45, 7) is 3.02. The molecule has 1 atom stereocenters. The minimum absolute atomic E-state index is 0.118. The van der Waals surface area contributed by atoms with Crippen LogP contribution in [0.15, 0.2) is 41.7 Å². The van der Waals surface area contributed by atoms with Crippen LogP contribution >= 0.6 is 0 Å². The van der Waals surface area contributed by atoms with Crippen molar-refractivity contribution in [2.75, 3.05) is 0 Å². The summed E-state index contributed by atoms with van der Waals surface area (Å²) in [7, 11) is 0. The Morgan fingerprint density at radius 1 is 1.35 bits per heavy atom. The van der Waals surface area contributed by atoms with E-state index in [1.807, 2.05) is 17.7 Å². The van der Waals surface area contributed by atoms with Gasteiger partial charge in [-0.05, 0) is 12.0 Å². The molecule has 0 aliphatic carbocycles. The van der Waals surface area contributed by atoms with Gasteiger partial charge in [-0.3, -0.25) is 14.9 Å². The third-order valence-electron chi connectivity index (χ3n) is 3.48. The standard InChI is InChI=1S/C14H14N6O3/c1-10(7-18-5-4-15-9-18)8-19-14(21)12-6-11(20(22)23)2-3-13(12)16-17-19/h2-6,9-10H,7-8H2,1H3. The van der Waals surface area contributed by atoms with Gasteiger partial charge in [-0.2, -0.15) is 0 Å². The monoisotopic (exact) mass is 314 g/mol. The highest BCUT2D eigenvalue weighted by Crippen LogP contribution is 2.16. The maximum atomic E-state index is 12.5. The zero-order valence-electron chi connectivity index (χ0n) is 12.4. The Morgan fingerprint density at radius 2 is 2.17 bits per heavy atom. The zero-order valence-corrected chi connectivity index (χ0v) is 12.4. The lowest BCUT2D eigenvalue weighted by Crippen LogP contribution is -2.28. The number of hydrogen-bond donors (Lipinski definition) is 0. The molecule has 3 rings (SSSR count). The summed E-state index contributed by atoms with van der Waals surface area (Å²) in [5.74, 6) is 0.118. The van der Waals surface area contributed by atoms with Crippen molar-refractivity contribution in [1.82, 2.24) is 24.5 Å². The first-order valence-corrected chi connectivity index (χ1v) is 7.02. The molecule has 0 spiro atoms. The van der Waals surface area contributed by atoms with E-state index in [0.29, 0.717) is 18.6 Å². The third kappa shape index (κ3) is 3.07. The van der Waals surface area contributed by atoms with Crippen molar-refractivity contribution in [3.05, 3.63) is 57.4 Å². The molecule has 3 aromatic rings. The molecule has 0 amide bonds. The van der Waals surface area contributed by atoms with Gasteiger partial charge in [0.05, 0.1) is 23.2 Å². The van der Waals surface area contributed by atoms with Crippen LogP contribution in [0, 0.1) is 16.0 Å². The van der Waals surface area contributed by atoms with Crippen LogP contribution in [0.4, 0.5) is 5.69 Å². The number of rotatable bonds is 5. The van der Waals surface area contributed by atoms with Gasteiger partial charge in [0.1, 0.15) is 5.52 Å². The lowest BCUT2D eigenvalue weighted by molar-refractivity contribution is -0.384. The molecule has 9 heteroatoms. The average molecular weight is 314 g/mol. The van der Waals surface area contributed by atoms with Gasteiger partial charge in [0, 0.05) is 31.1 Å². The second-order valence-electron chi connectivity index (χ2n) is 5.40. The van der Waals surface area contributed by atoms with Gasteiger partial charge in [0.25, 0.3) is 11.2 Å². The van der Waals surface area contributed by atoms with Crippen molar-refractivity contribution >= 4 is 16.6 Å². The molecule has 118 valence electrons. The Labute approximate surface area is 130 Å². The van der Waals surface area contributed by atoms with Crippen molar-refractivity contribution in [3.8, 4) is 0 Å². The van der Waals surface area contributed by atoms with E-state index in [1.54, 1.807) is 12.5 Å². The van der Waals surface area contributed by atoms with Crippen LogP contribution < -0.4 is 5.56 Å². The van der Waals surface area contributed by atoms with Gasteiger partial charge >= 0.3 is 0 Å². The summed E-state index contributed by atoms with van der Waals surface area (Å²) in [5, 5.41) is 18.9. The molecule has 23 heavy (non-hydrogen) atoms. The summed E-state index contributed by atoms with van der Waals surface area (Å²) in [5.41, 5.74) is -0.170.